The van der Waals surface area contributed by atoms with Crippen LogP contribution in [-0.4, -0.2) is 21.9 Å². The molecule has 1 aromatic heterocycles. The van der Waals surface area contributed by atoms with E-state index in [1.54, 1.807) is 4.68 Å². The lowest BCUT2D eigenvalue weighted by atomic mass is 10.1. The van der Waals surface area contributed by atoms with Crippen LogP contribution in [0.1, 0.15) is 18.9 Å². The highest BCUT2D eigenvalue weighted by Crippen LogP contribution is 2.34. The van der Waals surface area contributed by atoms with E-state index >= 15 is 0 Å². The number of methoxy groups -OCH3 is 1. The van der Waals surface area contributed by atoms with Gasteiger partial charge in [-0.2, -0.15) is 18.3 Å². The Balaban J connectivity index is 2.15. The summed E-state index contributed by atoms with van der Waals surface area (Å²) in [6, 6.07) is 3.44. The van der Waals surface area contributed by atoms with Gasteiger partial charge >= 0.3 is 6.18 Å². The van der Waals surface area contributed by atoms with Crippen LogP contribution in [-0.2, 0) is 12.7 Å². The summed E-state index contributed by atoms with van der Waals surface area (Å²) in [6.45, 7) is 6.40. The van der Waals surface area contributed by atoms with Gasteiger partial charge in [0, 0.05) is 12.1 Å². The van der Waals surface area contributed by atoms with Crippen molar-refractivity contribution < 1.29 is 17.9 Å². The lowest BCUT2D eigenvalue weighted by Crippen LogP contribution is -2.06. The molecular formula is C19H20F3N3O. The molecule has 0 spiro atoms. The Labute approximate surface area is 150 Å². The zero-order chi connectivity index (χ0) is 19.2. The van der Waals surface area contributed by atoms with Crippen LogP contribution in [0.5, 0.6) is 5.75 Å². The van der Waals surface area contributed by atoms with Crippen LogP contribution in [0.15, 0.2) is 61.0 Å². The number of benzene rings is 1. The van der Waals surface area contributed by atoms with Gasteiger partial charge in [0.15, 0.2) is 5.82 Å². The average Bonchev–Trinajstić information content (AvgIpc) is 3.08. The van der Waals surface area contributed by atoms with Crippen molar-refractivity contribution in [3.63, 3.8) is 0 Å². The van der Waals surface area contributed by atoms with Crippen LogP contribution in [0.25, 0.3) is 11.4 Å². The zero-order valence-corrected chi connectivity index (χ0v) is 14.6. The Hall–Kier alpha value is -2.83. The minimum absolute atomic E-state index is 0.105. The lowest BCUT2D eigenvalue weighted by molar-refractivity contribution is -0.137. The number of halogens is 3. The number of hydrogen-bond acceptors (Lipinski definition) is 3. The van der Waals surface area contributed by atoms with Gasteiger partial charge in [0.2, 0.25) is 0 Å². The Morgan fingerprint density at radius 1 is 1.27 bits per heavy atom. The van der Waals surface area contributed by atoms with E-state index in [2.05, 4.69) is 16.7 Å². The summed E-state index contributed by atoms with van der Waals surface area (Å²) in [6.07, 6.45) is 5.28. The quantitative estimate of drug-likeness (QED) is 0.646. The maximum Gasteiger partial charge on any atom is 0.416 e. The third-order valence-electron chi connectivity index (χ3n) is 3.56. The third kappa shape index (κ3) is 5.34. The number of rotatable bonds is 7. The Morgan fingerprint density at radius 2 is 2.04 bits per heavy atom. The van der Waals surface area contributed by atoms with Crippen molar-refractivity contribution in [2.45, 2.75) is 26.1 Å². The second kappa shape index (κ2) is 8.51. The van der Waals surface area contributed by atoms with Crippen molar-refractivity contribution in [3.05, 3.63) is 66.5 Å². The number of ether oxygens (including phenoxy) is 1. The molecular weight excluding hydrogens is 343 g/mol. The van der Waals surface area contributed by atoms with Gasteiger partial charge in [0.1, 0.15) is 12.1 Å². The minimum atomic E-state index is -4.47. The molecule has 0 unspecified atom stereocenters. The molecule has 0 radical (unpaired) electrons. The average molecular weight is 363 g/mol. The predicted molar refractivity (Wildman–Crippen MR) is 94.7 cm³/mol. The Kier molecular flexibility index (Phi) is 6.38. The fourth-order valence-electron chi connectivity index (χ4n) is 2.19. The largest absolute Gasteiger partial charge is 0.497 e. The van der Waals surface area contributed by atoms with Gasteiger partial charge in [-0.3, -0.25) is 4.68 Å². The molecule has 4 nitrogen and oxygen atoms in total. The van der Waals surface area contributed by atoms with Crippen LogP contribution in [0, 0.1) is 0 Å². The summed E-state index contributed by atoms with van der Waals surface area (Å²) in [5.74, 6) is 0.318. The predicted octanol–water partition coefficient (Wildman–Crippen LogP) is 5.05. The Bertz CT molecular complexity index is 820. The van der Waals surface area contributed by atoms with E-state index in [0.717, 1.165) is 17.7 Å². The molecule has 1 heterocycles. The summed E-state index contributed by atoms with van der Waals surface area (Å²) in [4.78, 5) is 4.11. The van der Waals surface area contributed by atoms with Gasteiger partial charge in [0.25, 0.3) is 0 Å². The summed E-state index contributed by atoms with van der Waals surface area (Å²) in [7, 11) is 1.32. The molecule has 0 amide bonds. The fourth-order valence-corrected chi connectivity index (χ4v) is 2.19. The molecule has 0 fully saturated rings. The van der Waals surface area contributed by atoms with Crippen LogP contribution in [0.4, 0.5) is 13.2 Å². The van der Waals surface area contributed by atoms with Gasteiger partial charge in [-0.05, 0) is 31.5 Å². The van der Waals surface area contributed by atoms with Crippen LogP contribution >= 0.6 is 0 Å². The van der Waals surface area contributed by atoms with E-state index in [9.17, 15) is 13.2 Å². The number of alkyl halides is 3. The maximum atomic E-state index is 13.0. The van der Waals surface area contributed by atoms with Crippen LogP contribution in [0.3, 0.4) is 0 Å². The summed E-state index contributed by atoms with van der Waals surface area (Å²) >= 11 is 0. The van der Waals surface area contributed by atoms with Crippen molar-refractivity contribution in [1.29, 1.82) is 0 Å². The smallest absolute Gasteiger partial charge is 0.416 e. The molecule has 0 bridgehead atoms. The highest BCUT2D eigenvalue weighted by Gasteiger charge is 2.31. The maximum absolute atomic E-state index is 13.0. The summed E-state index contributed by atoms with van der Waals surface area (Å²) in [5.41, 5.74) is 0.369. The van der Waals surface area contributed by atoms with Gasteiger partial charge in [-0.25, -0.2) is 4.98 Å². The number of hydrogen-bond donors (Lipinski definition) is 0. The lowest BCUT2D eigenvalue weighted by Gasteiger charge is -2.10. The first kappa shape index (κ1) is 19.5. The molecule has 0 aliphatic carbocycles. The molecule has 0 aliphatic rings. The molecule has 0 N–H and O–H groups in total. The van der Waals surface area contributed by atoms with E-state index in [0.29, 0.717) is 13.0 Å². The second-order valence-corrected chi connectivity index (χ2v) is 5.57. The molecule has 0 aliphatic heterocycles. The second-order valence-electron chi connectivity index (χ2n) is 5.57. The number of aryl methyl sites for hydroxylation is 1. The Morgan fingerprint density at radius 3 is 2.69 bits per heavy atom. The SMILES string of the molecule is C=C(/C=C\C=C/C)CCn1cnc(-c2cc(OC)cc(C(F)(F)F)c2)n1. The molecule has 26 heavy (non-hydrogen) atoms. The number of nitrogens with zero attached hydrogens (tertiary/aromatic N) is 3. The summed E-state index contributed by atoms with van der Waals surface area (Å²) in [5, 5.41) is 4.25. The molecule has 1 aromatic carbocycles. The fraction of sp³-hybridized carbons (Fsp3) is 0.263. The third-order valence-corrected chi connectivity index (χ3v) is 3.56. The van der Waals surface area contributed by atoms with Gasteiger partial charge in [-0.15, -0.1) is 0 Å². The van der Waals surface area contributed by atoms with E-state index in [1.165, 1.54) is 19.5 Å². The monoisotopic (exact) mass is 363 g/mol. The highest BCUT2D eigenvalue weighted by molar-refractivity contribution is 5.59. The van der Waals surface area contributed by atoms with E-state index in [-0.39, 0.29) is 17.1 Å². The topological polar surface area (TPSA) is 39.9 Å². The first-order chi connectivity index (χ1) is 12.3. The van der Waals surface area contributed by atoms with Gasteiger partial charge < -0.3 is 4.74 Å². The minimum Gasteiger partial charge on any atom is -0.497 e. The first-order valence-corrected chi connectivity index (χ1v) is 7.96. The van der Waals surface area contributed by atoms with E-state index < -0.39 is 11.7 Å². The first-order valence-electron chi connectivity index (χ1n) is 7.96. The summed E-state index contributed by atoms with van der Waals surface area (Å²) < 4.78 is 45.6. The molecule has 2 aromatic rings. The van der Waals surface area contributed by atoms with E-state index in [1.807, 2.05) is 31.2 Å². The molecule has 0 atom stereocenters. The highest BCUT2D eigenvalue weighted by atomic mass is 19.4. The molecule has 138 valence electrons. The van der Waals surface area contributed by atoms with Crippen LogP contribution < -0.4 is 4.74 Å². The van der Waals surface area contributed by atoms with Crippen molar-refractivity contribution in [2.75, 3.05) is 7.11 Å². The molecule has 0 saturated heterocycles. The molecule has 7 heteroatoms. The molecule has 0 saturated carbocycles. The van der Waals surface area contributed by atoms with Crippen molar-refractivity contribution in [2.24, 2.45) is 0 Å². The van der Waals surface area contributed by atoms with Crippen LogP contribution in [0.2, 0.25) is 0 Å². The normalized spacial score (nSPS) is 12.2. The van der Waals surface area contributed by atoms with Crippen molar-refractivity contribution in [3.8, 4) is 17.1 Å². The van der Waals surface area contributed by atoms with Crippen molar-refractivity contribution in [1.82, 2.24) is 14.8 Å². The van der Waals surface area contributed by atoms with Gasteiger partial charge in [0.05, 0.1) is 12.7 Å². The standard InChI is InChI=1S/C19H20F3N3O/c1-4-5-6-7-14(2)8-9-25-13-23-18(24-25)15-10-16(19(20,21)22)12-17(11-15)26-3/h4-7,10-13H,2,8-9H2,1,3H3/b5-4-,7-6-. The van der Waals surface area contributed by atoms with Gasteiger partial charge in [-0.1, -0.05) is 36.5 Å². The van der Waals surface area contributed by atoms with E-state index in [4.69, 9.17) is 4.74 Å². The number of allylic oxidation sites excluding steroid dienone is 5. The van der Waals surface area contributed by atoms with Crippen molar-refractivity contribution >= 4 is 0 Å². The number of aromatic nitrogens is 3. The zero-order valence-electron chi connectivity index (χ0n) is 14.6. The molecule has 2 rings (SSSR count).